The van der Waals surface area contributed by atoms with Gasteiger partial charge in [0.05, 0.1) is 0 Å². The molecule has 2 N–H and O–H groups in total. The number of aromatic nitrogens is 1. The Kier molecular flexibility index (Phi) is 8.63. The molecule has 2 aromatic rings. The standard InChI is InChI=1S/C23H25ClN4O4S/c1-6-8-32-21(30)17(12-25)20-28(7-2)19(29)18(33-20)13-26-15-9-14(24)10-16(11-15)27-22(31)23(3,4)5/h6,9-11,13,26H,1,7-8H2,2-5H3,(H,27,31). The van der Waals surface area contributed by atoms with E-state index in [-0.39, 0.29) is 39.4 Å². The summed E-state index contributed by atoms with van der Waals surface area (Å²) in [7, 11) is 0. The van der Waals surface area contributed by atoms with Crippen molar-refractivity contribution in [2.75, 3.05) is 17.2 Å². The van der Waals surface area contributed by atoms with Crippen LogP contribution >= 0.6 is 22.9 Å². The van der Waals surface area contributed by atoms with E-state index in [0.717, 1.165) is 11.3 Å². The number of hydrogen-bond donors (Lipinski definition) is 2. The maximum absolute atomic E-state index is 12.8. The van der Waals surface area contributed by atoms with Gasteiger partial charge in [0.25, 0.3) is 5.56 Å². The van der Waals surface area contributed by atoms with Crippen molar-refractivity contribution in [2.24, 2.45) is 5.41 Å². The van der Waals surface area contributed by atoms with Crippen LogP contribution in [0.2, 0.25) is 5.02 Å². The molecule has 0 atom stereocenters. The number of amides is 1. The summed E-state index contributed by atoms with van der Waals surface area (Å²) < 4.78 is 6.77. The van der Waals surface area contributed by atoms with E-state index in [1.165, 1.54) is 16.8 Å². The molecule has 174 valence electrons. The van der Waals surface area contributed by atoms with Crippen molar-refractivity contribution in [1.29, 1.82) is 5.26 Å². The fourth-order valence-electron chi connectivity index (χ4n) is 2.59. The molecule has 33 heavy (non-hydrogen) atoms. The number of thiazole rings is 1. The van der Waals surface area contributed by atoms with Crippen molar-refractivity contribution < 1.29 is 14.3 Å². The summed E-state index contributed by atoms with van der Waals surface area (Å²) in [4.78, 5) is 37.3. The third kappa shape index (κ3) is 6.57. The number of hydrogen-bond acceptors (Lipinski definition) is 7. The van der Waals surface area contributed by atoms with Gasteiger partial charge in [0.2, 0.25) is 5.91 Å². The van der Waals surface area contributed by atoms with Gasteiger partial charge in [0, 0.05) is 34.6 Å². The van der Waals surface area contributed by atoms with Crippen LogP contribution in [0.5, 0.6) is 0 Å². The first kappa shape index (κ1) is 25.9. The van der Waals surface area contributed by atoms with Gasteiger partial charge in [-0.25, -0.2) is 4.79 Å². The fraction of sp³-hybridized carbons (Fsp3) is 0.304. The number of esters is 1. The molecule has 10 heteroatoms. The molecule has 1 heterocycles. The normalized spacial score (nSPS) is 12.5. The molecule has 8 nitrogen and oxygen atoms in total. The Labute approximate surface area is 200 Å². The number of rotatable bonds is 7. The Morgan fingerprint density at radius 2 is 1.97 bits per heavy atom. The maximum atomic E-state index is 12.8. The van der Waals surface area contributed by atoms with Gasteiger partial charge in [-0.1, -0.05) is 45.0 Å². The van der Waals surface area contributed by atoms with Crippen LogP contribution in [0.15, 0.2) is 35.6 Å². The predicted octanol–water partition coefficient (Wildman–Crippen LogP) is 2.82. The first-order valence-electron chi connectivity index (χ1n) is 10.0. The monoisotopic (exact) mass is 488 g/mol. The van der Waals surface area contributed by atoms with E-state index in [9.17, 15) is 19.6 Å². The topological polar surface area (TPSA) is 113 Å². The molecule has 0 unspecified atom stereocenters. The summed E-state index contributed by atoms with van der Waals surface area (Å²) in [5.41, 5.74) is -0.157. The smallest absolute Gasteiger partial charge is 0.352 e. The number of halogens is 1. The Hall–Kier alpha value is -3.35. The quantitative estimate of drug-likeness (QED) is 0.457. The zero-order valence-electron chi connectivity index (χ0n) is 18.8. The van der Waals surface area contributed by atoms with Crippen molar-refractivity contribution >= 4 is 58.0 Å². The molecule has 0 bridgehead atoms. The van der Waals surface area contributed by atoms with E-state index in [0.29, 0.717) is 16.4 Å². The highest BCUT2D eigenvalue weighted by Crippen LogP contribution is 2.24. The second kappa shape index (κ2) is 11.0. The van der Waals surface area contributed by atoms with E-state index in [2.05, 4.69) is 17.2 Å². The SMILES string of the molecule is C=CCOC(=O)C(C#N)=c1sc(=CNc2cc(Cl)cc(NC(=O)C(C)(C)C)c2)c(=O)n1CC. The first-order valence-corrected chi connectivity index (χ1v) is 11.2. The summed E-state index contributed by atoms with van der Waals surface area (Å²) in [6.45, 7) is 10.8. The van der Waals surface area contributed by atoms with Crippen LogP contribution in [-0.2, 0) is 20.9 Å². The molecular formula is C23H25ClN4O4S. The fourth-order valence-corrected chi connectivity index (χ4v) is 3.90. The van der Waals surface area contributed by atoms with Gasteiger partial charge in [-0.3, -0.25) is 14.2 Å². The van der Waals surface area contributed by atoms with Gasteiger partial charge in [0.1, 0.15) is 21.9 Å². The number of nitriles is 1. The summed E-state index contributed by atoms with van der Waals surface area (Å²) in [5, 5.41) is 15.7. The molecule has 0 saturated heterocycles. The highest BCUT2D eigenvalue weighted by Gasteiger charge is 2.21. The lowest BCUT2D eigenvalue weighted by molar-refractivity contribution is -0.135. The second-order valence-corrected chi connectivity index (χ2v) is 9.38. The summed E-state index contributed by atoms with van der Waals surface area (Å²) >= 11 is 7.17. The van der Waals surface area contributed by atoms with E-state index in [1.54, 1.807) is 45.9 Å². The minimum atomic E-state index is -0.825. The van der Waals surface area contributed by atoms with Gasteiger partial charge >= 0.3 is 5.97 Å². The predicted molar refractivity (Wildman–Crippen MR) is 131 cm³/mol. The largest absolute Gasteiger partial charge is 0.457 e. The maximum Gasteiger partial charge on any atom is 0.352 e. The van der Waals surface area contributed by atoms with Crippen molar-refractivity contribution in [1.82, 2.24) is 4.57 Å². The van der Waals surface area contributed by atoms with Crippen LogP contribution in [0, 0.1) is 16.7 Å². The molecule has 0 saturated carbocycles. The highest BCUT2D eigenvalue weighted by atomic mass is 35.5. The zero-order chi connectivity index (χ0) is 24.8. The van der Waals surface area contributed by atoms with Gasteiger partial charge in [-0.05, 0) is 25.1 Å². The first-order chi connectivity index (χ1) is 15.5. The zero-order valence-corrected chi connectivity index (χ0v) is 20.4. The summed E-state index contributed by atoms with van der Waals surface area (Å²) in [6, 6.07) is 6.76. The van der Waals surface area contributed by atoms with Crippen molar-refractivity contribution in [3.63, 3.8) is 0 Å². The van der Waals surface area contributed by atoms with Crippen molar-refractivity contribution in [3.8, 4) is 6.07 Å². The van der Waals surface area contributed by atoms with Gasteiger partial charge in [-0.15, -0.1) is 11.3 Å². The molecule has 0 aliphatic carbocycles. The molecule has 0 aliphatic rings. The average Bonchev–Trinajstić information content (AvgIpc) is 3.05. The number of carbonyl (C=O) groups is 2. The van der Waals surface area contributed by atoms with Gasteiger partial charge in [0.15, 0.2) is 5.57 Å². The van der Waals surface area contributed by atoms with E-state index in [4.69, 9.17) is 16.3 Å². The highest BCUT2D eigenvalue weighted by molar-refractivity contribution is 7.07. The lowest BCUT2D eigenvalue weighted by Crippen LogP contribution is -2.32. The van der Waals surface area contributed by atoms with Gasteiger partial charge in [-0.2, -0.15) is 5.26 Å². The van der Waals surface area contributed by atoms with Crippen LogP contribution < -0.4 is 25.4 Å². The Bertz CT molecular complexity index is 1300. The molecule has 1 amide bonds. The van der Waals surface area contributed by atoms with Crippen molar-refractivity contribution in [2.45, 2.75) is 34.2 Å². The number of carbonyl (C=O) groups excluding carboxylic acids is 2. The molecule has 0 fully saturated rings. The Balaban J connectivity index is 2.48. The second-order valence-electron chi connectivity index (χ2n) is 7.92. The van der Waals surface area contributed by atoms with E-state index >= 15 is 0 Å². The summed E-state index contributed by atoms with van der Waals surface area (Å²) in [6.07, 6.45) is 2.86. The molecule has 0 aliphatic heterocycles. The Morgan fingerprint density at radius 1 is 1.30 bits per heavy atom. The molecule has 1 aromatic carbocycles. The number of anilines is 2. The van der Waals surface area contributed by atoms with E-state index < -0.39 is 11.4 Å². The minimum absolute atomic E-state index is 0.0465. The number of benzene rings is 1. The van der Waals surface area contributed by atoms with Gasteiger partial charge < -0.3 is 15.4 Å². The Morgan fingerprint density at radius 3 is 2.55 bits per heavy atom. The van der Waals surface area contributed by atoms with Crippen LogP contribution in [0.25, 0.3) is 11.8 Å². The van der Waals surface area contributed by atoms with Crippen LogP contribution in [0.4, 0.5) is 11.4 Å². The number of ether oxygens (including phenoxy) is 1. The molecule has 0 spiro atoms. The molecule has 1 aromatic heterocycles. The van der Waals surface area contributed by atoms with Crippen molar-refractivity contribution in [3.05, 3.63) is 55.4 Å². The minimum Gasteiger partial charge on any atom is -0.457 e. The van der Waals surface area contributed by atoms with Crippen LogP contribution in [-0.4, -0.2) is 23.1 Å². The number of nitrogens with one attached hydrogen (secondary N) is 2. The van der Waals surface area contributed by atoms with Crippen LogP contribution in [0.3, 0.4) is 0 Å². The average molecular weight is 489 g/mol. The van der Waals surface area contributed by atoms with E-state index in [1.807, 2.05) is 6.07 Å². The summed E-state index contributed by atoms with van der Waals surface area (Å²) in [5.74, 6) is -0.995. The molecular weight excluding hydrogens is 464 g/mol. The third-order valence-corrected chi connectivity index (χ3v) is 5.64. The lowest BCUT2D eigenvalue weighted by Gasteiger charge is -2.18. The van der Waals surface area contributed by atoms with Crippen LogP contribution in [0.1, 0.15) is 27.7 Å². The molecule has 2 rings (SSSR count). The molecule has 0 radical (unpaired) electrons. The number of nitrogens with zero attached hydrogens (tertiary/aromatic N) is 2. The lowest BCUT2D eigenvalue weighted by atomic mass is 9.95. The third-order valence-electron chi connectivity index (χ3n) is 4.29.